The quantitative estimate of drug-likeness (QED) is 0.849. The summed E-state index contributed by atoms with van der Waals surface area (Å²) in [5.74, 6) is 0.892. The van der Waals surface area contributed by atoms with Crippen molar-refractivity contribution in [3.8, 4) is 0 Å². The number of thiazole rings is 1. The van der Waals surface area contributed by atoms with Crippen molar-refractivity contribution in [1.29, 1.82) is 0 Å². The smallest absolute Gasteiger partial charge is 0.185 e. The van der Waals surface area contributed by atoms with Gasteiger partial charge in [-0.2, -0.15) is 0 Å². The molecule has 1 aliphatic rings. The van der Waals surface area contributed by atoms with E-state index in [-0.39, 0.29) is 6.04 Å². The van der Waals surface area contributed by atoms with Crippen molar-refractivity contribution in [2.75, 3.05) is 18.0 Å². The van der Waals surface area contributed by atoms with E-state index in [2.05, 4.69) is 29.3 Å². The number of anilines is 1. The Bertz CT molecular complexity index is 562. The molecule has 0 spiro atoms. The summed E-state index contributed by atoms with van der Waals surface area (Å²) < 4.78 is 0. The molecule has 1 unspecified atom stereocenters. The van der Waals surface area contributed by atoms with Gasteiger partial charge in [-0.3, -0.25) is 0 Å². The summed E-state index contributed by atoms with van der Waals surface area (Å²) in [6.07, 6.45) is 3.57. The Balaban J connectivity index is 1.64. The highest BCUT2D eigenvalue weighted by molar-refractivity contribution is 7.13. The van der Waals surface area contributed by atoms with Crippen LogP contribution in [0.4, 0.5) is 5.13 Å². The Morgan fingerprint density at radius 3 is 2.76 bits per heavy atom. The first-order chi connectivity index (χ1) is 10.3. The minimum absolute atomic E-state index is 0.0275. The van der Waals surface area contributed by atoms with E-state index in [1.165, 1.54) is 18.4 Å². The van der Waals surface area contributed by atoms with Crippen LogP contribution in [0.3, 0.4) is 0 Å². The highest BCUT2D eigenvalue weighted by Gasteiger charge is 2.25. The average Bonchev–Trinajstić information content (AvgIpc) is 3.23. The number of nitrogens with zero attached hydrogens (tertiary/aromatic N) is 2. The molecule has 0 aliphatic heterocycles. The molecular weight excluding hydrogens is 278 g/mol. The fraction of sp³-hybridized carbons (Fsp3) is 0.471. The third-order valence-corrected chi connectivity index (χ3v) is 4.97. The van der Waals surface area contributed by atoms with Crippen LogP contribution in [0.25, 0.3) is 0 Å². The Hall–Kier alpha value is -1.39. The number of hydrogen-bond acceptors (Lipinski definition) is 4. The summed E-state index contributed by atoms with van der Waals surface area (Å²) in [4.78, 5) is 7.19. The third-order valence-electron chi connectivity index (χ3n) is 4.02. The van der Waals surface area contributed by atoms with Crippen molar-refractivity contribution >= 4 is 16.5 Å². The molecule has 21 heavy (non-hydrogen) atoms. The molecule has 2 N–H and O–H groups in total. The molecule has 1 saturated carbocycles. The Labute approximate surface area is 130 Å². The first kappa shape index (κ1) is 14.5. The SMILES string of the molecule is CCN(CC1CC1)c1nc(CC(N)c2ccccc2)cs1. The van der Waals surface area contributed by atoms with Crippen molar-refractivity contribution in [2.24, 2.45) is 11.7 Å². The molecule has 0 radical (unpaired) electrons. The first-order valence-electron chi connectivity index (χ1n) is 7.76. The zero-order valence-electron chi connectivity index (χ0n) is 12.5. The summed E-state index contributed by atoms with van der Waals surface area (Å²) in [5, 5.41) is 3.31. The second-order valence-electron chi connectivity index (χ2n) is 5.82. The summed E-state index contributed by atoms with van der Waals surface area (Å²) in [7, 11) is 0. The van der Waals surface area contributed by atoms with Gasteiger partial charge in [0.2, 0.25) is 0 Å². The molecule has 4 heteroatoms. The summed E-state index contributed by atoms with van der Waals surface area (Å²) in [6.45, 7) is 4.40. The molecule has 0 saturated heterocycles. The van der Waals surface area contributed by atoms with Crippen LogP contribution in [0.1, 0.15) is 37.1 Å². The molecule has 112 valence electrons. The van der Waals surface area contributed by atoms with Crippen LogP contribution in [0.15, 0.2) is 35.7 Å². The Morgan fingerprint density at radius 1 is 1.33 bits per heavy atom. The van der Waals surface area contributed by atoms with Gasteiger partial charge in [0.05, 0.1) is 5.69 Å². The van der Waals surface area contributed by atoms with Crippen LogP contribution in [-0.4, -0.2) is 18.1 Å². The highest BCUT2D eigenvalue weighted by Crippen LogP contribution is 2.32. The third kappa shape index (κ3) is 3.83. The normalized spacial score (nSPS) is 15.9. The highest BCUT2D eigenvalue weighted by atomic mass is 32.1. The lowest BCUT2D eigenvalue weighted by molar-refractivity contribution is 0.703. The second kappa shape index (κ2) is 6.58. The molecule has 2 aromatic rings. The molecule has 1 atom stereocenters. The maximum atomic E-state index is 6.29. The molecule has 1 aromatic heterocycles. The van der Waals surface area contributed by atoms with E-state index in [4.69, 9.17) is 10.7 Å². The predicted molar refractivity (Wildman–Crippen MR) is 89.8 cm³/mol. The lowest BCUT2D eigenvalue weighted by Crippen LogP contribution is -2.25. The van der Waals surface area contributed by atoms with Crippen LogP contribution < -0.4 is 10.6 Å². The maximum Gasteiger partial charge on any atom is 0.185 e. The van der Waals surface area contributed by atoms with E-state index in [1.54, 1.807) is 11.3 Å². The zero-order valence-corrected chi connectivity index (χ0v) is 13.4. The number of hydrogen-bond donors (Lipinski definition) is 1. The van der Waals surface area contributed by atoms with Crippen molar-refractivity contribution in [3.05, 3.63) is 47.0 Å². The van der Waals surface area contributed by atoms with Crippen molar-refractivity contribution < 1.29 is 0 Å². The molecule has 3 rings (SSSR count). The van der Waals surface area contributed by atoms with Gasteiger partial charge in [0.15, 0.2) is 5.13 Å². The lowest BCUT2D eigenvalue weighted by atomic mass is 10.0. The van der Waals surface area contributed by atoms with E-state index in [0.717, 1.165) is 36.3 Å². The van der Waals surface area contributed by atoms with Gasteiger partial charge < -0.3 is 10.6 Å². The van der Waals surface area contributed by atoms with Gasteiger partial charge in [0.25, 0.3) is 0 Å². The van der Waals surface area contributed by atoms with Gasteiger partial charge >= 0.3 is 0 Å². The van der Waals surface area contributed by atoms with Crippen molar-refractivity contribution in [1.82, 2.24) is 4.98 Å². The van der Waals surface area contributed by atoms with Gasteiger partial charge in [-0.25, -0.2) is 4.98 Å². The monoisotopic (exact) mass is 301 g/mol. The topological polar surface area (TPSA) is 42.2 Å². The molecule has 1 fully saturated rings. The fourth-order valence-corrected chi connectivity index (χ4v) is 3.45. The molecule has 0 amide bonds. The van der Waals surface area contributed by atoms with E-state index < -0.39 is 0 Å². The number of nitrogens with two attached hydrogens (primary N) is 1. The number of aromatic nitrogens is 1. The molecule has 1 aromatic carbocycles. The fourth-order valence-electron chi connectivity index (χ4n) is 2.53. The van der Waals surface area contributed by atoms with Gasteiger partial charge in [0, 0.05) is 30.9 Å². The molecule has 0 bridgehead atoms. The average molecular weight is 301 g/mol. The van der Waals surface area contributed by atoms with Crippen molar-refractivity contribution in [2.45, 2.75) is 32.2 Å². The molecule has 1 heterocycles. The van der Waals surface area contributed by atoms with Crippen LogP contribution in [0.5, 0.6) is 0 Å². The minimum Gasteiger partial charge on any atom is -0.348 e. The largest absolute Gasteiger partial charge is 0.348 e. The molecule has 3 nitrogen and oxygen atoms in total. The molecule has 1 aliphatic carbocycles. The van der Waals surface area contributed by atoms with Crippen LogP contribution in [-0.2, 0) is 6.42 Å². The van der Waals surface area contributed by atoms with E-state index in [1.807, 2.05) is 18.2 Å². The second-order valence-corrected chi connectivity index (χ2v) is 6.66. The van der Waals surface area contributed by atoms with Gasteiger partial charge in [0.1, 0.15) is 0 Å². The Morgan fingerprint density at radius 2 is 2.10 bits per heavy atom. The Kier molecular flexibility index (Phi) is 4.56. The number of rotatable bonds is 7. The van der Waals surface area contributed by atoms with Crippen molar-refractivity contribution in [3.63, 3.8) is 0 Å². The minimum atomic E-state index is 0.0275. The summed E-state index contributed by atoms with van der Waals surface area (Å²) in [6, 6.07) is 10.3. The predicted octanol–water partition coefficient (Wildman–Crippen LogP) is 3.62. The van der Waals surface area contributed by atoms with E-state index in [9.17, 15) is 0 Å². The lowest BCUT2D eigenvalue weighted by Gasteiger charge is -2.19. The summed E-state index contributed by atoms with van der Waals surface area (Å²) in [5.41, 5.74) is 8.58. The first-order valence-corrected chi connectivity index (χ1v) is 8.64. The number of benzene rings is 1. The maximum absolute atomic E-state index is 6.29. The zero-order chi connectivity index (χ0) is 14.7. The standard InChI is InChI=1S/C17H23N3S/c1-2-20(11-13-8-9-13)17-19-15(12-21-17)10-16(18)14-6-4-3-5-7-14/h3-7,12-13,16H,2,8-11,18H2,1H3. The summed E-state index contributed by atoms with van der Waals surface area (Å²) >= 11 is 1.75. The van der Waals surface area contributed by atoms with Gasteiger partial charge in [-0.1, -0.05) is 30.3 Å². The van der Waals surface area contributed by atoms with Gasteiger partial charge in [-0.15, -0.1) is 11.3 Å². The van der Waals surface area contributed by atoms with E-state index >= 15 is 0 Å². The molecular formula is C17H23N3S. The van der Waals surface area contributed by atoms with Gasteiger partial charge in [-0.05, 0) is 31.2 Å². The van der Waals surface area contributed by atoms with E-state index in [0.29, 0.717) is 0 Å². The van der Waals surface area contributed by atoms with Crippen LogP contribution in [0.2, 0.25) is 0 Å². The van der Waals surface area contributed by atoms with Crippen LogP contribution >= 0.6 is 11.3 Å². The van der Waals surface area contributed by atoms with Crippen LogP contribution in [0, 0.1) is 5.92 Å².